The van der Waals surface area contributed by atoms with E-state index in [-0.39, 0.29) is 16.8 Å². The van der Waals surface area contributed by atoms with Crippen molar-refractivity contribution in [1.82, 2.24) is 4.72 Å². The van der Waals surface area contributed by atoms with Crippen LogP contribution in [0.5, 0.6) is 0 Å². The summed E-state index contributed by atoms with van der Waals surface area (Å²) in [6.07, 6.45) is 1.87. The van der Waals surface area contributed by atoms with E-state index in [0.29, 0.717) is 5.69 Å². The van der Waals surface area contributed by atoms with Crippen LogP contribution in [0.2, 0.25) is 0 Å². The van der Waals surface area contributed by atoms with Crippen LogP contribution in [0.4, 0.5) is 5.69 Å². The number of carbonyl (C=O) groups excluding carboxylic acids is 1. The summed E-state index contributed by atoms with van der Waals surface area (Å²) in [6.45, 7) is 7.16. The van der Waals surface area contributed by atoms with E-state index in [1.54, 1.807) is 12.1 Å². The lowest BCUT2D eigenvalue weighted by atomic mass is 10.0. The van der Waals surface area contributed by atoms with Gasteiger partial charge in [-0.25, -0.2) is 13.1 Å². The Balaban J connectivity index is 2.35. The van der Waals surface area contributed by atoms with Gasteiger partial charge in [0, 0.05) is 17.9 Å². The minimum absolute atomic E-state index is 0.121. The second-order valence-electron chi connectivity index (χ2n) is 6.25. The molecule has 140 valence electrons. The largest absolute Gasteiger partial charge is 0.325 e. The van der Waals surface area contributed by atoms with Gasteiger partial charge in [0.1, 0.15) is 0 Å². The summed E-state index contributed by atoms with van der Waals surface area (Å²) < 4.78 is 28.4. The summed E-state index contributed by atoms with van der Waals surface area (Å²) in [4.78, 5) is 12.3. The zero-order valence-corrected chi connectivity index (χ0v) is 17.2. The monoisotopic (exact) mass is 392 g/mol. The fourth-order valence-corrected chi connectivity index (χ4v) is 4.51. The van der Waals surface area contributed by atoms with Crippen LogP contribution in [-0.4, -0.2) is 20.6 Å². The quantitative estimate of drug-likeness (QED) is 0.728. The molecule has 2 aromatic rings. The van der Waals surface area contributed by atoms with Crippen molar-refractivity contribution < 1.29 is 13.2 Å². The van der Waals surface area contributed by atoms with Gasteiger partial charge in [-0.15, -0.1) is 11.8 Å². The summed E-state index contributed by atoms with van der Waals surface area (Å²) in [5.74, 6) is -0.244. The van der Waals surface area contributed by atoms with E-state index in [1.165, 1.54) is 24.8 Å². The number of aryl methyl sites for hydroxylation is 2. The van der Waals surface area contributed by atoms with Gasteiger partial charge in [0.25, 0.3) is 0 Å². The predicted molar refractivity (Wildman–Crippen MR) is 107 cm³/mol. The van der Waals surface area contributed by atoms with Crippen LogP contribution in [0.1, 0.15) is 36.6 Å². The van der Waals surface area contributed by atoms with Crippen molar-refractivity contribution in [2.75, 3.05) is 11.6 Å². The molecule has 2 aromatic carbocycles. The highest BCUT2D eigenvalue weighted by Gasteiger charge is 2.21. The van der Waals surface area contributed by atoms with Crippen molar-refractivity contribution in [2.24, 2.45) is 0 Å². The van der Waals surface area contributed by atoms with Gasteiger partial charge >= 0.3 is 0 Å². The van der Waals surface area contributed by atoms with Gasteiger partial charge in [0.2, 0.25) is 15.9 Å². The van der Waals surface area contributed by atoms with E-state index in [2.05, 4.69) is 10.0 Å². The van der Waals surface area contributed by atoms with E-state index in [4.69, 9.17) is 0 Å². The molecule has 0 aliphatic carbocycles. The number of anilines is 1. The molecule has 2 N–H and O–H groups in total. The summed E-state index contributed by atoms with van der Waals surface area (Å²) in [6, 6.07) is 10.3. The lowest BCUT2D eigenvalue weighted by molar-refractivity contribution is -0.114. The molecule has 0 saturated carbocycles. The lowest BCUT2D eigenvalue weighted by Gasteiger charge is -2.18. The fraction of sp³-hybridized carbons (Fsp3) is 0.316. The van der Waals surface area contributed by atoms with Gasteiger partial charge in [0.05, 0.1) is 10.6 Å². The number of benzene rings is 2. The Morgan fingerprint density at radius 3 is 2.42 bits per heavy atom. The molecule has 0 aromatic heterocycles. The van der Waals surface area contributed by atoms with Crippen LogP contribution in [0, 0.1) is 13.8 Å². The fourth-order valence-electron chi connectivity index (χ4n) is 2.73. The number of rotatable bonds is 6. The number of hydrogen-bond donors (Lipinski definition) is 2. The SMILES string of the molecule is CSc1ccc(S(=O)(=O)NC(C)c2cc(C)ccc2C)cc1NC(C)=O. The number of sulfonamides is 1. The maximum Gasteiger partial charge on any atom is 0.241 e. The topological polar surface area (TPSA) is 75.3 Å². The first kappa shape index (κ1) is 20.5. The molecular weight excluding hydrogens is 368 g/mol. The zero-order valence-electron chi connectivity index (χ0n) is 15.6. The molecule has 1 atom stereocenters. The molecule has 5 nitrogen and oxygen atoms in total. The molecule has 7 heteroatoms. The highest BCUT2D eigenvalue weighted by atomic mass is 32.2. The average Bonchev–Trinajstić information content (AvgIpc) is 2.56. The molecular formula is C19H24N2O3S2. The Kier molecular flexibility index (Phi) is 6.49. The maximum absolute atomic E-state index is 12.8. The molecule has 0 aliphatic rings. The van der Waals surface area contributed by atoms with Gasteiger partial charge in [0.15, 0.2) is 0 Å². The first-order valence-electron chi connectivity index (χ1n) is 8.19. The van der Waals surface area contributed by atoms with Crippen LogP contribution < -0.4 is 10.0 Å². The maximum atomic E-state index is 12.8. The van der Waals surface area contributed by atoms with Crippen molar-refractivity contribution in [3.63, 3.8) is 0 Å². The van der Waals surface area contributed by atoms with Gasteiger partial charge in [-0.3, -0.25) is 4.79 Å². The van der Waals surface area contributed by atoms with Crippen LogP contribution in [0.15, 0.2) is 46.2 Å². The van der Waals surface area contributed by atoms with E-state index in [1.807, 2.05) is 45.2 Å². The minimum atomic E-state index is -3.73. The third kappa shape index (κ3) is 4.87. The molecule has 0 fully saturated rings. The number of nitrogens with one attached hydrogen (secondary N) is 2. The number of carbonyl (C=O) groups is 1. The zero-order chi connectivity index (χ0) is 19.5. The molecule has 1 unspecified atom stereocenters. The van der Waals surface area contributed by atoms with Crippen LogP contribution in [0.25, 0.3) is 0 Å². The second-order valence-corrected chi connectivity index (χ2v) is 8.81. The molecule has 0 radical (unpaired) electrons. The first-order chi connectivity index (χ1) is 12.1. The Labute approximate surface area is 159 Å². The summed E-state index contributed by atoms with van der Waals surface area (Å²) in [5.41, 5.74) is 3.54. The van der Waals surface area contributed by atoms with Crippen LogP contribution in [-0.2, 0) is 14.8 Å². The smallest absolute Gasteiger partial charge is 0.241 e. The van der Waals surface area contributed by atoms with E-state index < -0.39 is 10.0 Å². The van der Waals surface area contributed by atoms with Crippen LogP contribution in [0.3, 0.4) is 0 Å². The molecule has 0 bridgehead atoms. The predicted octanol–water partition coefficient (Wildman–Crippen LogP) is 4.02. The third-order valence-corrected chi connectivity index (χ3v) is 6.36. The molecule has 0 aliphatic heterocycles. The van der Waals surface area contributed by atoms with Crippen molar-refractivity contribution in [1.29, 1.82) is 0 Å². The lowest BCUT2D eigenvalue weighted by Crippen LogP contribution is -2.27. The highest BCUT2D eigenvalue weighted by Crippen LogP contribution is 2.29. The highest BCUT2D eigenvalue weighted by molar-refractivity contribution is 7.98. The molecule has 0 spiro atoms. The van der Waals surface area contributed by atoms with Gasteiger partial charge in [-0.2, -0.15) is 0 Å². The van der Waals surface area contributed by atoms with Crippen molar-refractivity contribution >= 4 is 33.4 Å². The number of thioether (sulfide) groups is 1. The normalized spacial score (nSPS) is 12.7. The summed E-state index contributed by atoms with van der Waals surface area (Å²) >= 11 is 1.44. The molecule has 0 saturated heterocycles. The Morgan fingerprint density at radius 1 is 1.12 bits per heavy atom. The second kappa shape index (κ2) is 8.24. The van der Waals surface area contributed by atoms with Crippen molar-refractivity contribution in [3.8, 4) is 0 Å². The first-order valence-corrected chi connectivity index (χ1v) is 10.9. The molecule has 2 rings (SSSR count). The van der Waals surface area contributed by atoms with E-state index in [0.717, 1.165) is 21.6 Å². The minimum Gasteiger partial charge on any atom is -0.325 e. The average molecular weight is 393 g/mol. The number of amides is 1. The Morgan fingerprint density at radius 2 is 1.81 bits per heavy atom. The Bertz CT molecular complexity index is 924. The molecule has 1 amide bonds. The molecule has 26 heavy (non-hydrogen) atoms. The van der Waals surface area contributed by atoms with Gasteiger partial charge in [-0.1, -0.05) is 23.8 Å². The standard InChI is InChI=1S/C19H24N2O3S2/c1-12-6-7-13(2)17(10-12)14(3)21-26(23,24)16-8-9-19(25-5)18(11-16)20-15(4)22/h6-11,14,21H,1-5H3,(H,20,22). The van der Waals surface area contributed by atoms with Crippen LogP contribution >= 0.6 is 11.8 Å². The van der Waals surface area contributed by atoms with E-state index in [9.17, 15) is 13.2 Å². The summed E-state index contributed by atoms with van der Waals surface area (Å²) in [5, 5.41) is 2.69. The van der Waals surface area contributed by atoms with Gasteiger partial charge < -0.3 is 5.32 Å². The Hall–Kier alpha value is -1.83. The van der Waals surface area contributed by atoms with E-state index >= 15 is 0 Å². The summed E-state index contributed by atoms with van der Waals surface area (Å²) in [7, 11) is -3.73. The van der Waals surface area contributed by atoms with Gasteiger partial charge in [-0.05, 0) is 56.4 Å². The van der Waals surface area contributed by atoms with Crippen molar-refractivity contribution in [3.05, 3.63) is 53.1 Å². The number of hydrogen-bond acceptors (Lipinski definition) is 4. The van der Waals surface area contributed by atoms with Crippen molar-refractivity contribution in [2.45, 2.75) is 43.5 Å². The third-order valence-electron chi connectivity index (χ3n) is 4.03. The molecule has 0 heterocycles.